The monoisotopic (exact) mass is 499 g/mol. The van der Waals surface area contributed by atoms with Gasteiger partial charge in [-0.25, -0.2) is 13.4 Å². The van der Waals surface area contributed by atoms with Gasteiger partial charge in [0.1, 0.15) is 0 Å². The van der Waals surface area contributed by atoms with E-state index in [9.17, 15) is 13.2 Å². The molecule has 1 saturated heterocycles. The zero-order valence-electron chi connectivity index (χ0n) is 19.0. The molecule has 0 bridgehead atoms. The van der Waals surface area contributed by atoms with Crippen molar-refractivity contribution in [3.63, 3.8) is 0 Å². The minimum absolute atomic E-state index is 0.0113. The van der Waals surface area contributed by atoms with Crippen LogP contribution in [0.4, 0.5) is 0 Å². The number of ether oxygens (including phenoxy) is 1. The summed E-state index contributed by atoms with van der Waals surface area (Å²) in [6.45, 7) is 1.65. The van der Waals surface area contributed by atoms with E-state index in [1.807, 2.05) is 24.3 Å². The molecule has 1 aromatic heterocycles. The van der Waals surface area contributed by atoms with Crippen LogP contribution < -0.4 is 5.32 Å². The molecule has 1 aliphatic heterocycles. The maximum Gasteiger partial charge on any atom is 0.243 e. The number of rotatable bonds is 7. The van der Waals surface area contributed by atoms with E-state index in [-0.39, 0.29) is 17.3 Å². The molecule has 1 N–H and O–H groups in total. The smallest absolute Gasteiger partial charge is 0.243 e. The van der Waals surface area contributed by atoms with Gasteiger partial charge in [0, 0.05) is 26.1 Å². The van der Waals surface area contributed by atoms with E-state index in [1.54, 1.807) is 29.5 Å². The molecule has 1 saturated carbocycles. The van der Waals surface area contributed by atoms with Crippen molar-refractivity contribution in [2.75, 3.05) is 26.3 Å². The first-order valence-electron chi connectivity index (χ1n) is 11.8. The number of para-hydroxylation sites is 1. The fourth-order valence-corrected chi connectivity index (χ4v) is 7.75. The van der Waals surface area contributed by atoms with Crippen LogP contribution in [0, 0.1) is 5.41 Å². The third-order valence-electron chi connectivity index (χ3n) is 6.87. The zero-order chi connectivity index (χ0) is 23.6. The van der Waals surface area contributed by atoms with Gasteiger partial charge in [0.25, 0.3) is 0 Å². The summed E-state index contributed by atoms with van der Waals surface area (Å²) in [5.41, 5.74) is 1.08. The number of sulfonamides is 1. The molecule has 34 heavy (non-hydrogen) atoms. The predicted octanol–water partition coefficient (Wildman–Crippen LogP) is 3.74. The Bertz CT molecular complexity index is 1240. The summed E-state index contributed by atoms with van der Waals surface area (Å²) in [6, 6.07) is 15.0. The van der Waals surface area contributed by atoms with Gasteiger partial charge in [0.05, 0.1) is 38.7 Å². The van der Waals surface area contributed by atoms with Crippen molar-refractivity contribution < 1.29 is 17.9 Å². The maximum atomic E-state index is 13.5. The van der Waals surface area contributed by atoms with Gasteiger partial charge < -0.3 is 10.1 Å². The van der Waals surface area contributed by atoms with Crippen molar-refractivity contribution in [1.82, 2.24) is 14.6 Å². The molecule has 2 heterocycles. The van der Waals surface area contributed by atoms with Gasteiger partial charge in [0.2, 0.25) is 15.9 Å². The van der Waals surface area contributed by atoms with Gasteiger partial charge in [-0.05, 0) is 36.6 Å². The van der Waals surface area contributed by atoms with Gasteiger partial charge >= 0.3 is 0 Å². The molecule has 1 amide bonds. The molecule has 0 unspecified atom stereocenters. The zero-order valence-corrected chi connectivity index (χ0v) is 20.7. The topological polar surface area (TPSA) is 88.6 Å². The maximum absolute atomic E-state index is 13.5. The molecule has 0 radical (unpaired) electrons. The number of carbonyl (C=O) groups excluding carboxylic acids is 1. The number of morpholine rings is 1. The van der Waals surface area contributed by atoms with E-state index < -0.39 is 15.4 Å². The fraction of sp³-hybridized carbons (Fsp3) is 0.440. The molecule has 2 aromatic carbocycles. The lowest BCUT2D eigenvalue weighted by molar-refractivity contribution is -0.131. The first-order chi connectivity index (χ1) is 16.5. The lowest BCUT2D eigenvalue weighted by Crippen LogP contribution is -2.42. The van der Waals surface area contributed by atoms with E-state index in [0.717, 1.165) is 40.9 Å². The molecule has 5 rings (SSSR count). The Kier molecular flexibility index (Phi) is 6.70. The highest BCUT2D eigenvalue weighted by molar-refractivity contribution is 7.89. The van der Waals surface area contributed by atoms with Crippen LogP contribution in [-0.2, 0) is 32.5 Å². The Labute approximate surface area is 204 Å². The molecule has 9 heteroatoms. The second-order valence-electron chi connectivity index (χ2n) is 9.05. The minimum Gasteiger partial charge on any atom is -0.379 e. The molecule has 7 nitrogen and oxygen atoms in total. The van der Waals surface area contributed by atoms with Crippen LogP contribution in [0.15, 0.2) is 53.4 Å². The number of hydrogen-bond acceptors (Lipinski definition) is 6. The fourth-order valence-electron chi connectivity index (χ4n) is 5.01. The summed E-state index contributed by atoms with van der Waals surface area (Å²) < 4.78 is 34.4. The van der Waals surface area contributed by atoms with E-state index in [0.29, 0.717) is 38.3 Å². The molecule has 1 aliphatic carbocycles. The van der Waals surface area contributed by atoms with Crippen LogP contribution in [0.25, 0.3) is 10.2 Å². The van der Waals surface area contributed by atoms with E-state index in [2.05, 4.69) is 11.4 Å². The van der Waals surface area contributed by atoms with Crippen molar-refractivity contribution in [3.8, 4) is 0 Å². The molecule has 180 valence electrons. The number of nitrogens with one attached hydrogen (secondary N) is 1. The lowest BCUT2D eigenvalue weighted by atomic mass is 9.82. The quantitative estimate of drug-likeness (QED) is 0.535. The largest absolute Gasteiger partial charge is 0.379 e. The van der Waals surface area contributed by atoms with Gasteiger partial charge in [-0.3, -0.25) is 4.79 Å². The normalized spacial score (nSPS) is 18.8. The second kappa shape index (κ2) is 9.73. The molecule has 2 fully saturated rings. The van der Waals surface area contributed by atoms with E-state index in [1.165, 1.54) is 4.31 Å². The SMILES string of the molecule is O=C(NCc1ccccc1S(=O)(=O)N1CCOCC1)C1(Cc2nc3ccccc3s2)CCCC1. The Morgan fingerprint density at radius 2 is 1.76 bits per heavy atom. The van der Waals surface area contributed by atoms with Gasteiger partial charge in [-0.15, -0.1) is 11.3 Å². The van der Waals surface area contributed by atoms with Crippen molar-refractivity contribution in [1.29, 1.82) is 0 Å². The Morgan fingerprint density at radius 3 is 2.53 bits per heavy atom. The van der Waals surface area contributed by atoms with Crippen LogP contribution in [0.1, 0.15) is 36.3 Å². The molecular formula is C25H29N3O4S2. The summed E-state index contributed by atoms with van der Waals surface area (Å²) in [6.07, 6.45) is 4.29. The predicted molar refractivity (Wildman–Crippen MR) is 132 cm³/mol. The number of aromatic nitrogens is 1. The summed E-state index contributed by atoms with van der Waals surface area (Å²) in [5, 5.41) is 4.06. The summed E-state index contributed by atoms with van der Waals surface area (Å²) in [5.74, 6) is -0.0113. The van der Waals surface area contributed by atoms with Crippen molar-refractivity contribution in [3.05, 3.63) is 59.1 Å². The molecule has 0 spiro atoms. The molecular weight excluding hydrogens is 470 g/mol. The third kappa shape index (κ3) is 4.62. The highest BCUT2D eigenvalue weighted by Gasteiger charge is 2.42. The highest BCUT2D eigenvalue weighted by atomic mass is 32.2. The molecule has 3 aromatic rings. The number of carbonyl (C=O) groups is 1. The van der Waals surface area contributed by atoms with E-state index >= 15 is 0 Å². The van der Waals surface area contributed by atoms with Crippen LogP contribution >= 0.6 is 11.3 Å². The average molecular weight is 500 g/mol. The Balaban J connectivity index is 1.34. The van der Waals surface area contributed by atoms with E-state index in [4.69, 9.17) is 9.72 Å². The first-order valence-corrected chi connectivity index (χ1v) is 14.0. The summed E-state index contributed by atoms with van der Waals surface area (Å²) in [7, 11) is -3.64. The number of thiazole rings is 1. The van der Waals surface area contributed by atoms with Crippen LogP contribution in [0.5, 0.6) is 0 Å². The number of benzene rings is 2. The minimum atomic E-state index is -3.64. The first kappa shape index (κ1) is 23.4. The highest BCUT2D eigenvalue weighted by Crippen LogP contribution is 2.42. The van der Waals surface area contributed by atoms with Gasteiger partial charge in [-0.2, -0.15) is 4.31 Å². The Hall–Kier alpha value is -2.33. The number of nitrogens with zero attached hydrogens (tertiary/aromatic N) is 2. The van der Waals surface area contributed by atoms with Crippen molar-refractivity contribution in [2.45, 2.75) is 43.5 Å². The Morgan fingerprint density at radius 1 is 1.06 bits per heavy atom. The van der Waals surface area contributed by atoms with Crippen molar-refractivity contribution >= 4 is 37.5 Å². The number of fused-ring (bicyclic) bond motifs is 1. The van der Waals surface area contributed by atoms with Crippen LogP contribution in [0.2, 0.25) is 0 Å². The van der Waals surface area contributed by atoms with Gasteiger partial charge in [-0.1, -0.05) is 43.2 Å². The lowest BCUT2D eigenvalue weighted by Gasteiger charge is -2.28. The summed E-state index contributed by atoms with van der Waals surface area (Å²) in [4.78, 5) is 18.5. The summed E-state index contributed by atoms with van der Waals surface area (Å²) >= 11 is 1.65. The van der Waals surface area contributed by atoms with Gasteiger partial charge in [0.15, 0.2) is 0 Å². The average Bonchev–Trinajstić information content (AvgIpc) is 3.50. The molecule has 0 atom stereocenters. The van der Waals surface area contributed by atoms with Crippen LogP contribution in [-0.4, -0.2) is 49.9 Å². The molecule has 2 aliphatic rings. The van der Waals surface area contributed by atoms with Crippen LogP contribution in [0.3, 0.4) is 0 Å². The second-order valence-corrected chi connectivity index (χ2v) is 12.1. The number of hydrogen-bond donors (Lipinski definition) is 1. The third-order valence-corrected chi connectivity index (χ3v) is 9.91. The standard InChI is InChI=1S/C25H29N3O4S2/c29-24(25(11-5-6-12-25)17-23-27-20-8-2-3-9-21(20)33-23)26-18-19-7-1-4-10-22(19)34(30,31)28-13-15-32-16-14-28/h1-4,7-10H,5-6,11-18H2,(H,26,29). The van der Waals surface area contributed by atoms with Crippen molar-refractivity contribution in [2.24, 2.45) is 5.41 Å². The number of amides is 1.